The Bertz CT molecular complexity index is 659. The molecular weight excluding hydrogens is 308 g/mol. The number of rotatable bonds is 9. The molecule has 2 rings (SSSR count). The molecule has 0 aliphatic rings. The number of carbonyl (C=O) groups is 1. The summed E-state index contributed by atoms with van der Waals surface area (Å²) in [5.41, 5.74) is 2.49. The standard InChI is InChI=1S/C23H28O2/c1-3-5-12-19(4-2)18-25-23(24)22(21-15-10-7-11-16-21)17-20-13-8-6-9-14-20/h6-11,13-17,19H,3-5,12,18H2,1-2H3. The molecular formula is C23H28O2. The third kappa shape index (κ3) is 6.22. The lowest BCUT2D eigenvalue weighted by molar-refractivity contribution is -0.138. The van der Waals surface area contributed by atoms with E-state index >= 15 is 0 Å². The largest absolute Gasteiger partial charge is 0.462 e. The molecule has 0 saturated heterocycles. The topological polar surface area (TPSA) is 26.3 Å². The monoisotopic (exact) mass is 336 g/mol. The number of hydrogen-bond acceptors (Lipinski definition) is 2. The molecule has 2 heteroatoms. The van der Waals surface area contributed by atoms with Gasteiger partial charge in [0.15, 0.2) is 0 Å². The molecule has 0 N–H and O–H groups in total. The molecule has 0 radical (unpaired) electrons. The predicted octanol–water partition coefficient (Wildman–Crippen LogP) is 5.99. The fourth-order valence-electron chi connectivity index (χ4n) is 2.76. The van der Waals surface area contributed by atoms with Gasteiger partial charge in [0.1, 0.15) is 0 Å². The van der Waals surface area contributed by atoms with Crippen molar-refractivity contribution in [1.29, 1.82) is 0 Å². The number of unbranched alkanes of at least 4 members (excludes halogenated alkanes) is 1. The van der Waals surface area contributed by atoms with Gasteiger partial charge in [-0.3, -0.25) is 0 Å². The maximum absolute atomic E-state index is 12.8. The molecule has 0 saturated carbocycles. The first-order valence-corrected chi connectivity index (χ1v) is 9.23. The van der Waals surface area contributed by atoms with E-state index in [0.29, 0.717) is 18.1 Å². The van der Waals surface area contributed by atoms with Crippen molar-refractivity contribution in [2.24, 2.45) is 5.92 Å². The zero-order valence-corrected chi connectivity index (χ0v) is 15.3. The van der Waals surface area contributed by atoms with Gasteiger partial charge in [0.2, 0.25) is 0 Å². The van der Waals surface area contributed by atoms with Crippen molar-refractivity contribution in [3.05, 3.63) is 71.8 Å². The lowest BCUT2D eigenvalue weighted by Crippen LogP contribution is -2.15. The van der Waals surface area contributed by atoms with Crippen LogP contribution in [0.1, 0.15) is 50.7 Å². The Morgan fingerprint density at radius 2 is 1.64 bits per heavy atom. The first-order valence-electron chi connectivity index (χ1n) is 9.23. The Balaban J connectivity index is 2.15. The van der Waals surface area contributed by atoms with Crippen LogP contribution < -0.4 is 0 Å². The average Bonchev–Trinajstić information content (AvgIpc) is 2.67. The molecule has 0 spiro atoms. The molecule has 2 aromatic carbocycles. The van der Waals surface area contributed by atoms with E-state index in [1.165, 1.54) is 12.8 Å². The van der Waals surface area contributed by atoms with Crippen LogP contribution in [0.2, 0.25) is 0 Å². The molecule has 1 unspecified atom stereocenters. The van der Waals surface area contributed by atoms with Crippen molar-refractivity contribution >= 4 is 17.6 Å². The minimum Gasteiger partial charge on any atom is -0.462 e. The lowest BCUT2D eigenvalue weighted by atomic mass is 10.00. The quantitative estimate of drug-likeness (QED) is 0.319. The van der Waals surface area contributed by atoms with Crippen molar-refractivity contribution in [3.63, 3.8) is 0 Å². The molecule has 0 amide bonds. The minimum atomic E-state index is -0.245. The third-order valence-electron chi connectivity index (χ3n) is 4.41. The Labute approximate surface area is 151 Å². The summed E-state index contributed by atoms with van der Waals surface area (Å²) in [6, 6.07) is 19.6. The van der Waals surface area contributed by atoms with Crippen molar-refractivity contribution in [3.8, 4) is 0 Å². The van der Waals surface area contributed by atoms with Gasteiger partial charge in [0.05, 0.1) is 12.2 Å². The highest BCUT2D eigenvalue weighted by Crippen LogP contribution is 2.21. The average molecular weight is 336 g/mol. The summed E-state index contributed by atoms with van der Waals surface area (Å²) >= 11 is 0. The maximum Gasteiger partial charge on any atom is 0.338 e. The van der Waals surface area contributed by atoms with Gasteiger partial charge in [-0.05, 0) is 29.5 Å². The van der Waals surface area contributed by atoms with Gasteiger partial charge < -0.3 is 4.74 Å². The maximum atomic E-state index is 12.8. The van der Waals surface area contributed by atoms with E-state index < -0.39 is 0 Å². The van der Waals surface area contributed by atoms with Crippen LogP contribution in [-0.2, 0) is 9.53 Å². The molecule has 0 bridgehead atoms. The van der Waals surface area contributed by atoms with Crippen LogP contribution in [0, 0.1) is 5.92 Å². The summed E-state index contributed by atoms with van der Waals surface area (Å²) in [7, 11) is 0. The van der Waals surface area contributed by atoms with Crippen molar-refractivity contribution < 1.29 is 9.53 Å². The molecule has 0 aromatic heterocycles. The molecule has 132 valence electrons. The van der Waals surface area contributed by atoms with Gasteiger partial charge >= 0.3 is 5.97 Å². The van der Waals surface area contributed by atoms with E-state index in [2.05, 4.69) is 13.8 Å². The fourth-order valence-corrected chi connectivity index (χ4v) is 2.76. The Hall–Kier alpha value is -2.35. The van der Waals surface area contributed by atoms with Gasteiger partial charge in [-0.25, -0.2) is 4.79 Å². The molecule has 2 nitrogen and oxygen atoms in total. The molecule has 25 heavy (non-hydrogen) atoms. The number of hydrogen-bond donors (Lipinski definition) is 0. The Morgan fingerprint density at radius 3 is 2.24 bits per heavy atom. The van der Waals surface area contributed by atoms with Crippen LogP contribution in [-0.4, -0.2) is 12.6 Å². The van der Waals surface area contributed by atoms with Gasteiger partial charge in [0, 0.05) is 0 Å². The summed E-state index contributed by atoms with van der Waals surface area (Å²) in [4.78, 5) is 12.8. The molecule has 0 aliphatic heterocycles. The highest BCUT2D eigenvalue weighted by molar-refractivity contribution is 6.21. The first-order chi connectivity index (χ1) is 12.2. The summed E-state index contributed by atoms with van der Waals surface area (Å²) in [5.74, 6) is 0.197. The fraction of sp³-hybridized carbons (Fsp3) is 0.348. The summed E-state index contributed by atoms with van der Waals surface area (Å²) in [6.45, 7) is 4.84. The van der Waals surface area contributed by atoms with Crippen LogP contribution in [0.15, 0.2) is 60.7 Å². The smallest absolute Gasteiger partial charge is 0.338 e. The number of benzene rings is 2. The van der Waals surface area contributed by atoms with Gasteiger partial charge in [-0.1, -0.05) is 93.8 Å². The normalized spacial score (nSPS) is 12.6. The summed E-state index contributed by atoms with van der Waals surface area (Å²) in [6.07, 6.45) is 6.42. The van der Waals surface area contributed by atoms with Crippen LogP contribution in [0.3, 0.4) is 0 Å². The van der Waals surface area contributed by atoms with Crippen LogP contribution in [0.4, 0.5) is 0 Å². The van der Waals surface area contributed by atoms with E-state index in [0.717, 1.165) is 24.0 Å². The van der Waals surface area contributed by atoms with Crippen LogP contribution in [0.25, 0.3) is 11.6 Å². The molecule has 2 aromatic rings. The Kier molecular flexibility index (Phi) is 7.97. The molecule has 0 heterocycles. The Morgan fingerprint density at radius 1 is 1.00 bits per heavy atom. The number of ether oxygens (including phenoxy) is 1. The minimum absolute atomic E-state index is 0.245. The highest BCUT2D eigenvalue weighted by atomic mass is 16.5. The van der Waals surface area contributed by atoms with Crippen molar-refractivity contribution in [1.82, 2.24) is 0 Å². The lowest BCUT2D eigenvalue weighted by Gasteiger charge is -2.16. The molecule has 0 aliphatic carbocycles. The summed E-state index contributed by atoms with van der Waals surface area (Å²) in [5, 5.41) is 0. The van der Waals surface area contributed by atoms with E-state index in [4.69, 9.17) is 4.74 Å². The first kappa shape index (κ1) is 19.0. The van der Waals surface area contributed by atoms with Crippen molar-refractivity contribution in [2.45, 2.75) is 39.5 Å². The van der Waals surface area contributed by atoms with Gasteiger partial charge in [-0.2, -0.15) is 0 Å². The third-order valence-corrected chi connectivity index (χ3v) is 4.41. The van der Waals surface area contributed by atoms with E-state index in [1.54, 1.807) is 0 Å². The molecule has 1 atom stereocenters. The van der Waals surface area contributed by atoms with Gasteiger partial charge in [0.25, 0.3) is 0 Å². The van der Waals surface area contributed by atoms with Crippen LogP contribution in [0.5, 0.6) is 0 Å². The van der Waals surface area contributed by atoms with Crippen molar-refractivity contribution in [2.75, 3.05) is 6.61 Å². The number of carbonyl (C=O) groups excluding carboxylic acids is 1. The second-order valence-corrected chi connectivity index (χ2v) is 6.35. The zero-order valence-electron chi connectivity index (χ0n) is 15.3. The number of esters is 1. The molecule has 0 fully saturated rings. The van der Waals surface area contributed by atoms with E-state index in [1.807, 2.05) is 66.7 Å². The zero-order chi connectivity index (χ0) is 17.9. The van der Waals surface area contributed by atoms with Crippen LogP contribution >= 0.6 is 0 Å². The SMILES string of the molecule is CCCCC(CC)COC(=O)C(=Cc1ccccc1)c1ccccc1. The highest BCUT2D eigenvalue weighted by Gasteiger charge is 2.16. The summed E-state index contributed by atoms with van der Waals surface area (Å²) < 4.78 is 5.67. The van der Waals surface area contributed by atoms with E-state index in [9.17, 15) is 4.79 Å². The second-order valence-electron chi connectivity index (χ2n) is 6.35. The predicted molar refractivity (Wildman–Crippen MR) is 105 cm³/mol. The second kappa shape index (κ2) is 10.5. The van der Waals surface area contributed by atoms with E-state index in [-0.39, 0.29) is 5.97 Å². The van der Waals surface area contributed by atoms with Gasteiger partial charge in [-0.15, -0.1) is 0 Å².